The molecule has 0 fully saturated rings. The maximum atomic E-state index is 3.21. The highest BCUT2D eigenvalue weighted by Crippen LogP contribution is 2.07. The first-order valence-corrected chi connectivity index (χ1v) is 6.62. The van der Waals surface area contributed by atoms with E-state index in [0.29, 0.717) is 0 Å². The molecule has 0 radical (unpaired) electrons. The maximum Gasteiger partial charge on any atom is 0.204 e. The molecule has 0 aliphatic carbocycles. The zero-order valence-corrected chi connectivity index (χ0v) is 11.6. The van der Waals surface area contributed by atoms with Crippen molar-refractivity contribution in [3.05, 3.63) is 85.1 Å². The van der Waals surface area contributed by atoms with Gasteiger partial charge in [0.25, 0.3) is 0 Å². The van der Waals surface area contributed by atoms with Gasteiger partial charge in [0.15, 0.2) is 6.21 Å². The molecule has 0 aliphatic heterocycles. The predicted octanol–water partition coefficient (Wildman–Crippen LogP) is 4.21. The number of para-hydroxylation sites is 2. The van der Waals surface area contributed by atoms with Crippen molar-refractivity contribution < 1.29 is 4.58 Å². The molecule has 20 heavy (non-hydrogen) atoms. The van der Waals surface area contributed by atoms with Crippen LogP contribution in [0.3, 0.4) is 0 Å². The van der Waals surface area contributed by atoms with Crippen LogP contribution in [0.4, 0.5) is 11.4 Å². The van der Waals surface area contributed by atoms with Crippen molar-refractivity contribution in [2.45, 2.75) is 0 Å². The molecule has 0 atom stereocenters. The van der Waals surface area contributed by atoms with Gasteiger partial charge in [-0.15, -0.1) is 0 Å². The van der Waals surface area contributed by atoms with Gasteiger partial charge in [0, 0.05) is 30.1 Å². The summed E-state index contributed by atoms with van der Waals surface area (Å²) < 4.78 is 2.08. The number of hydrogen-bond donors (Lipinski definition) is 1. The van der Waals surface area contributed by atoms with Crippen LogP contribution < -0.4 is 5.32 Å². The summed E-state index contributed by atoms with van der Waals surface area (Å²) in [5, 5.41) is 3.21. The van der Waals surface area contributed by atoms with E-state index in [1.54, 1.807) is 0 Å². The molecule has 0 aliphatic rings. The molecule has 2 aromatic carbocycles. The van der Waals surface area contributed by atoms with Crippen molar-refractivity contribution in [3.8, 4) is 0 Å². The minimum absolute atomic E-state index is 1.09. The third kappa shape index (κ3) is 4.58. The quantitative estimate of drug-likeness (QED) is 0.485. The number of benzene rings is 2. The SMILES string of the molecule is C[N+](=C/C=C/C=C/Nc1ccccc1)c1ccccc1. The van der Waals surface area contributed by atoms with Gasteiger partial charge in [-0.2, -0.15) is 0 Å². The molecule has 1 N–H and O–H groups in total. The lowest BCUT2D eigenvalue weighted by molar-refractivity contribution is -0.398. The molecule has 0 heterocycles. The lowest BCUT2D eigenvalue weighted by Crippen LogP contribution is -1.96. The van der Waals surface area contributed by atoms with Crippen molar-refractivity contribution in [1.29, 1.82) is 0 Å². The van der Waals surface area contributed by atoms with Crippen molar-refractivity contribution in [1.82, 2.24) is 0 Å². The second kappa shape index (κ2) is 7.74. The lowest BCUT2D eigenvalue weighted by atomic mass is 10.3. The zero-order chi connectivity index (χ0) is 14.0. The monoisotopic (exact) mass is 263 g/mol. The predicted molar refractivity (Wildman–Crippen MR) is 86.7 cm³/mol. The third-order valence-electron chi connectivity index (χ3n) is 2.82. The van der Waals surface area contributed by atoms with Crippen molar-refractivity contribution in [2.24, 2.45) is 0 Å². The Morgan fingerprint density at radius 3 is 2.15 bits per heavy atom. The first-order chi connectivity index (χ1) is 9.86. The van der Waals surface area contributed by atoms with Crippen LogP contribution in [0, 0.1) is 0 Å². The summed E-state index contributed by atoms with van der Waals surface area (Å²) in [6.07, 6.45) is 9.93. The Bertz CT molecular complexity index is 596. The van der Waals surface area contributed by atoms with E-state index in [2.05, 4.69) is 22.0 Å². The Morgan fingerprint density at radius 1 is 0.800 bits per heavy atom. The normalized spacial score (nSPS) is 12.2. The number of hydrogen-bond acceptors (Lipinski definition) is 1. The first kappa shape index (κ1) is 13.8. The van der Waals surface area contributed by atoms with Gasteiger partial charge in [-0.3, -0.25) is 0 Å². The number of anilines is 1. The summed E-state index contributed by atoms with van der Waals surface area (Å²) in [6, 6.07) is 20.3. The Labute approximate surface area is 120 Å². The molecule has 0 saturated carbocycles. The van der Waals surface area contributed by atoms with Crippen LogP contribution in [-0.2, 0) is 0 Å². The van der Waals surface area contributed by atoms with Crippen LogP contribution in [0.15, 0.2) is 85.1 Å². The topological polar surface area (TPSA) is 15.0 Å². The highest BCUT2D eigenvalue weighted by atomic mass is 15.0. The molecular weight excluding hydrogens is 244 g/mol. The fourth-order valence-corrected chi connectivity index (χ4v) is 1.73. The second-order valence-corrected chi connectivity index (χ2v) is 4.35. The highest BCUT2D eigenvalue weighted by Gasteiger charge is 1.97. The van der Waals surface area contributed by atoms with E-state index in [1.807, 2.05) is 86.2 Å². The molecule has 0 saturated heterocycles. The van der Waals surface area contributed by atoms with E-state index in [0.717, 1.165) is 5.69 Å². The molecular formula is C18H19N2+. The first-order valence-electron chi connectivity index (χ1n) is 6.62. The van der Waals surface area contributed by atoms with Gasteiger partial charge >= 0.3 is 0 Å². The highest BCUT2D eigenvalue weighted by molar-refractivity contribution is 5.68. The Morgan fingerprint density at radius 2 is 1.45 bits per heavy atom. The van der Waals surface area contributed by atoms with Crippen LogP contribution in [0.25, 0.3) is 0 Å². The molecule has 0 bridgehead atoms. The van der Waals surface area contributed by atoms with Gasteiger partial charge in [-0.1, -0.05) is 42.5 Å². The van der Waals surface area contributed by atoms with Gasteiger partial charge in [0.2, 0.25) is 5.69 Å². The minimum Gasteiger partial charge on any atom is -0.362 e. The van der Waals surface area contributed by atoms with E-state index in [9.17, 15) is 0 Å². The largest absolute Gasteiger partial charge is 0.362 e. The summed E-state index contributed by atoms with van der Waals surface area (Å²) in [4.78, 5) is 0. The molecule has 2 aromatic rings. The summed E-state index contributed by atoms with van der Waals surface area (Å²) in [6.45, 7) is 0. The summed E-state index contributed by atoms with van der Waals surface area (Å²) >= 11 is 0. The van der Waals surface area contributed by atoms with Crippen LogP contribution in [0.1, 0.15) is 0 Å². The van der Waals surface area contributed by atoms with Gasteiger partial charge in [0.05, 0.1) is 0 Å². The van der Waals surface area contributed by atoms with E-state index < -0.39 is 0 Å². The van der Waals surface area contributed by atoms with Crippen LogP contribution in [0.5, 0.6) is 0 Å². The minimum atomic E-state index is 1.09. The maximum absolute atomic E-state index is 3.21. The van der Waals surface area contributed by atoms with E-state index in [4.69, 9.17) is 0 Å². The van der Waals surface area contributed by atoms with Gasteiger partial charge in [-0.25, -0.2) is 4.58 Å². The van der Waals surface area contributed by atoms with Gasteiger partial charge in [-0.05, 0) is 18.2 Å². The lowest BCUT2D eigenvalue weighted by Gasteiger charge is -1.97. The molecule has 0 unspecified atom stereocenters. The standard InChI is InChI=1S/C18H18N2/c1-20(18-13-7-3-8-14-18)16-10-4-9-15-19-17-11-5-2-6-12-17/h2-16H,1H3/p+1. The van der Waals surface area contributed by atoms with E-state index in [-0.39, 0.29) is 0 Å². The molecule has 2 nitrogen and oxygen atoms in total. The summed E-state index contributed by atoms with van der Waals surface area (Å²) in [5.74, 6) is 0. The fourth-order valence-electron chi connectivity index (χ4n) is 1.73. The zero-order valence-electron chi connectivity index (χ0n) is 11.6. The average Bonchev–Trinajstić information content (AvgIpc) is 2.52. The van der Waals surface area contributed by atoms with Crippen LogP contribution >= 0.6 is 0 Å². The van der Waals surface area contributed by atoms with E-state index in [1.165, 1.54) is 5.69 Å². The van der Waals surface area contributed by atoms with Crippen molar-refractivity contribution in [3.63, 3.8) is 0 Å². The molecule has 2 heteroatoms. The van der Waals surface area contributed by atoms with Crippen molar-refractivity contribution >= 4 is 17.6 Å². The molecule has 0 spiro atoms. The Kier molecular flexibility index (Phi) is 5.35. The van der Waals surface area contributed by atoms with Gasteiger partial charge in [0.1, 0.15) is 7.05 Å². The molecule has 2 rings (SSSR count). The third-order valence-corrected chi connectivity index (χ3v) is 2.82. The fraction of sp³-hybridized carbons (Fsp3) is 0.0556. The van der Waals surface area contributed by atoms with Crippen molar-refractivity contribution in [2.75, 3.05) is 12.4 Å². The Balaban J connectivity index is 1.85. The number of nitrogens with one attached hydrogen (secondary N) is 1. The summed E-state index contributed by atoms with van der Waals surface area (Å²) in [7, 11) is 2.03. The van der Waals surface area contributed by atoms with Gasteiger partial charge < -0.3 is 5.32 Å². The van der Waals surface area contributed by atoms with Crippen LogP contribution in [0.2, 0.25) is 0 Å². The molecule has 100 valence electrons. The molecule has 0 amide bonds. The second-order valence-electron chi connectivity index (χ2n) is 4.35. The number of nitrogens with zero attached hydrogens (tertiary/aromatic N) is 1. The Hall–Kier alpha value is -2.61. The number of rotatable bonds is 5. The molecule has 0 aromatic heterocycles. The smallest absolute Gasteiger partial charge is 0.204 e. The number of allylic oxidation sites excluding steroid dienone is 3. The van der Waals surface area contributed by atoms with Crippen LogP contribution in [-0.4, -0.2) is 17.8 Å². The average molecular weight is 263 g/mol. The van der Waals surface area contributed by atoms with E-state index >= 15 is 0 Å². The summed E-state index contributed by atoms with van der Waals surface area (Å²) in [5.41, 5.74) is 2.26.